The molecule has 1 N–H and O–H groups in total. The highest BCUT2D eigenvalue weighted by Crippen LogP contribution is 2.41. The van der Waals surface area contributed by atoms with Crippen LogP contribution >= 0.6 is 11.8 Å². The van der Waals surface area contributed by atoms with Crippen molar-refractivity contribution >= 4 is 29.7 Å². The zero-order valence-corrected chi connectivity index (χ0v) is 18.7. The summed E-state index contributed by atoms with van der Waals surface area (Å²) in [7, 11) is 0. The number of benzene rings is 1. The van der Waals surface area contributed by atoms with Gasteiger partial charge in [-0.1, -0.05) is 30.3 Å². The number of amides is 2. The number of rotatable bonds is 4. The Morgan fingerprint density at radius 2 is 1.62 bits per heavy atom. The summed E-state index contributed by atoms with van der Waals surface area (Å²) >= 11 is 1.50. The average molecular weight is 423 g/mol. The van der Waals surface area contributed by atoms with Crippen LogP contribution in [0.25, 0.3) is 0 Å². The molecule has 1 aliphatic rings. The molecule has 29 heavy (non-hydrogen) atoms. The molecule has 1 heterocycles. The number of thioether (sulfide) groups is 1. The third-order valence-electron chi connectivity index (χ3n) is 3.83. The lowest BCUT2D eigenvalue weighted by Gasteiger charge is -2.30. The quantitative estimate of drug-likeness (QED) is 0.748. The van der Waals surface area contributed by atoms with Crippen LogP contribution in [0.4, 0.5) is 4.79 Å². The minimum Gasteiger partial charge on any atom is -0.458 e. The number of esters is 1. The van der Waals surface area contributed by atoms with Crippen LogP contribution in [-0.4, -0.2) is 52.4 Å². The monoisotopic (exact) mass is 422 g/mol. The molecular formula is C21H30N2O5S. The lowest BCUT2D eigenvalue weighted by atomic mass is 10.1. The first-order valence-corrected chi connectivity index (χ1v) is 10.6. The topological polar surface area (TPSA) is 84.9 Å². The summed E-state index contributed by atoms with van der Waals surface area (Å²) in [6, 6.07) is 8.77. The summed E-state index contributed by atoms with van der Waals surface area (Å²) in [5.74, 6) is -0.397. The van der Waals surface area contributed by atoms with E-state index >= 15 is 0 Å². The molecule has 1 fully saturated rings. The SMILES string of the molecule is CC(C)(C)OC(=O)NCC(=O)N1[C@@H](c2ccccc2)SC[C@H]1C(=O)OC(C)(C)C. The summed E-state index contributed by atoms with van der Waals surface area (Å²) in [5, 5.41) is 2.15. The van der Waals surface area contributed by atoms with Crippen molar-refractivity contribution in [3.05, 3.63) is 35.9 Å². The minimum absolute atomic E-state index is 0.266. The number of carbonyl (C=O) groups excluding carboxylic acids is 3. The van der Waals surface area contributed by atoms with E-state index in [4.69, 9.17) is 9.47 Å². The van der Waals surface area contributed by atoms with Crippen molar-refractivity contribution in [1.82, 2.24) is 10.2 Å². The maximum atomic E-state index is 13.0. The van der Waals surface area contributed by atoms with E-state index < -0.39 is 29.3 Å². The molecule has 8 heteroatoms. The van der Waals surface area contributed by atoms with Crippen LogP contribution in [0.1, 0.15) is 52.5 Å². The van der Waals surface area contributed by atoms with Crippen molar-refractivity contribution in [3.8, 4) is 0 Å². The van der Waals surface area contributed by atoms with E-state index in [2.05, 4.69) is 5.32 Å². The highest BCUT2D eigenvalue weighted by atomic mass is 32.2. The van der Waals surface area contributed by atoms with Crippen molar-refractivity contribution < 1.29 is 23.9 Å². The van der Waals surface area contributed by atoms with Crippen molar-refractivity contribution in [2.75, 3.05) is 12.3 Å². The van der Waals surface area contributed by atoms with Crippen LogP contribution in [0, 0.1) is 0 Å². The van der Waals surface area contributed by atoms with Gasteiger partial charge in [0.2, 0.25) is 5.91 Å². The van der Waals surface area contributed by atoms with Gasteiger partial charge in [0.1, 0.15) is 29.2 Å². The molecule has 0 aromatic heterocycles. The third kappa shape index (κ3) is 6.96. The molecule has 0 bridgehead atoms. The normalized spacial score (nSPS) is 19.6. The van der Waals surface area contributed by atoms with Crippen molar-refractivity contribution in [3.63, 3.8) is 0 Å². The van der Waals surface area contributed by atoms with E-state index in [1.165, 1.54) is 16.7 Å². The molecule has 0 radical (unpaired) electrons. The van der Waals surface area contributed by atoms with Gasteiger partial charge in [-0.05, 0) is 47.1 Å². The van der Waals surface area contributed by atoms with Gasteiger partial charge in [0.15, 0.2) is 0 Å². The van der Waals surface area contributed by atoms with Gasteiger partial charge in [0.05, 0.1) is 0 Å². The molecule has 1 aliphatic heterocycles. The van der Waals surface area contributed by atoms with Gasteiger partial charge in [-0.25, -0.2) is 9.59 Å². The summed E-state index contributed by atoms with van der Waals surface area (Å²) in [6.45, 7) is 10.3. The molecule has 1 saturated heterocycles. The predicted octanol–water partition coefficient (Wildman–Crippen LogP) is 3.50. The maximum Gasteiger partial charge on any atom is 0.408 e. The van der Waals surface area contributed by atoms with Crippen LogP contribution in [0.15, 0.2) is 30.3 Å². The molecule has 2 rings (SSSR count). The molecular weight excluding hydrogens is 392 g/mol. The van der Waals surface area contributed by atoms with Gasteiger partial charge < -0.3 is 19.7 Å². The maximum absolute atomic E-state index is 13.0. The second-order valence-corrected chi connectivity index (χ2v) is 9.92. The van der Waals surface area contributed by atoms with Gasteiger partial charge in [0, 0.05) is 5.75 Å². The van der Waals surface area contributed by atoms with E-state index in [9.17, 15) is 14.4 Å². The first-order chi connectivity index (χ1) is 13.4. The highest BCUT2D eigenvalue weighted by Gasteiger charge is 2.44. The minimum atomic E-state index is -0.725. The lowest BCUT2D eigenvalue weighted by molar-refractivity contribution is -0.163. The molecule has 0 unspecified atom stereocenters. The zero-order chi connectivity index (χ0) is 21.8. The van der Waals surface area contributed by atoms with Crippen LogP contribution in [0.3, 0.4) is 0 Å². The Kier molecular flexibility index (Phi) is 7.21. The fourth-order valence-corrected chi connectivity index (χ4v) is 4.23. The smallest absolute Gasteiger partial charge is 0.408 e. The second kappa shape index (κ2) is 9.07. The number of nitrogens with one attached hydrogen (secondary N) is 1. The molecule has 7 nitrogen and oxygen atoms in total. The average Bonchev–Trinajstić information content (AvgIpc) is 3.03. The number of hydrogen-bond donors (Lipinski definition) is 1. The molecule has 1 aromatic rings. The summed E-state index contributed by atoms with van der Waals surface area (Å²) in [4.78, 5) is 39.2. The van der Waals surface area contributed by atoms with Crippen LogP contribution in [-0.2, 0) is 19.1 Å². The largest absolute Gasteiger partial charge is 0.458 e. The van der Waals surface area contributed by atoms with Crippen molar-refractivity contribution in [1.29, 1.82) is 0 Å². The van der Waals surface area contributed by atoms with Crippen LogP contribution in [0.2, 0.25) is 0 Å². The van der Waals surface area contributed by atoms with Crippen molar-refractivity contribution in [2.24, 2.45) is 0 Å². The first kappa shape index (κ1) is 23.1. The molecule has 1 aromatic carbocycles. The fraction of sp³-hybridized carbons (Fsp3) is 0.571. The lowest BCUT2D eigenvalue weighted by Crippen LogP contribution is -2.49. The Morgan fingerprint density at radius 1 is 1.03 bits per heavy atom. The molecule has 0 spiro atoms. The Morgan fingerprint density at radius 3 is 2.17 bits per heavy atom. The highest BCUT2D eigenvalue weighted by molar-refractivity contribution is 7.99. The Bertz CT molecular complexity index is 740. The molecule has 0 aliphatic carbocycles. The van der Waals surface area contributed by atoms with Crippen LogP contribution < -0.4 is 5.32 Å². The number of nitrogens with zero attached hydrogens (tertiary/aromatic N) is 1. The summed E-state index contributed by atoms with van der Waals surface area (Å²) in [6.07, 6.45) is -0.678. The second-order valence-electron chi connectivity index (χ2n) is 8.80. The third-order valence-corrected chi connectivity index (χ3v) is 5.16. The van der Waals surface area contributed by atoms with Gasteiger partial charge in [-0.3, -0.25) is 4.79 Å². The van der Waals surface area contributed by atoms with E-state index in [1.807, 2.05) is 30.3 Å². The van der Waals surface area contributed by atoms with Gasteiger partial charge >= 0.3 is 12.1 Å². The van der Waals surface area contributed by atoms with E-state index in [1.54, 1.807) is 41.5 Å². The van der Waals surface area contributed by atoms with Gasteiger partial charge in [0.25, 0.3) is 0 Å². The van der Waals surface area contributed by atoms with Gasteiger partial charge in [-0.2, -0.15) is 0 Å². The Balaban J connectivity index is 2.17. The molecule has 2 atom stereocenters. The first-order valence-electron chi connectivity index (χ1n) is 9.55. The van der Waals surface area contributed by atoms with Crippen molar-refractivity contribution in [2.45, 2.75) is 64.2 Å². The molecule has 160 valence electrons. The number of carbonyl (C=O) groups is 3. The van der Waals surface area contributed by atoms with Gasteiger partial charge in [-0.15, -0.1) is 11.8 Å². The zero-order valence-electron chi connectivity index (χ0n) is 17.9. The summed E-state index contributed by atoms with van der Waals surface area (Å²) < 4.78 is 10.7. The summed E-state index contributed by atoms with van der Waals surface area (Å²) in [5.41, 5.74) is -0.410. The standard InChI is InChI=1S/C21H30N2O5S/c1-20(2,3)27-18(25)15-13-29-17(14-10-8-7-9-11-14)23(15)16(24)12-22-19(26)28-21(4,5)6/h7-11,15,17H,12-13H2,1-6H3,(H,22,26)/t15-,17+/m0/s1. The Hall–Kier alpha value is -2.22. The Labute approximate surface area is 176 Å². The predicted molar refractivity (Wildman–Crippen MR) is 112 cm³/mol. The molecule has 2 amide bonds. The van der Waals surface area contributed by atoms with E-state index in [0.717, 1.165) is 5.56 Å². The number of ether oxygens (including phenoxy) is 2. The van der Waals surface area contributed by atoms with E-state index in [0.29, 0.717) is 5.75 Å². The molecule has 0 saturated carbocycles. The number of hydrogen-bond acceptors (Lipinski definition) is 6. The van der Waals surface area contributed by atoms with Crippen LogP contribution in [0.5, 0.6) is 0 Å². The van der Waals surface area contributed by atoms with E-state index in [-0.39, 0.29) is 17.8 Å². The fourth-order valence-electron chi connectivity index (χ4n) is 2.79. The number of alkyl carbamates (subject to hydrolysis) is 1.